The van der Waals surface area contributed by atoms with Gasteiger partial charge < -0.3 is 15.0 Å². The fraction of sp³-hybridized carbons (Fsp3) is 0.346. The number of anilines is 1. The Morgan fingerprint density at radius 3 is 2.55 bits per heavy atom. The molecule has 1 aromatic heterocycles. The lowest BCUT2D eigenvalue weighted by atomic mass is 10.1. The lowest BCUT2D eigenvalue weighted by Gasteiger charge is -2.31. The molecule has 0 aliphatic carbocycles. The summed E-state index contributed by atoms with van der Waals surface area (Å²) >= 11 is 6.21. The molecule has 2 aliphatic heterocycles. The van der Waals surface area contributed by atoms with Crippen molar-refractivity contribution in [2.75, 3.05) is 44.4 Å². The van der Waals surface area contributed by atoms with Gasteiger partial charge in [-0.15, -0.1) is 5.10 Å². The monoisotopic (exact) mass is 585 g/mol. The molecule has 210 valence electrons. The second kappa shape index (κ2) is 11.8. The zero-order valence-electron chi connectivity index (χ0n) is 21.7. The summed E-state index contributed by atoms with van der Waals surface area (Å²) in [6.07, 6.45) is 6.07. The van der Waals surface area contributed by atoms with Gasteiger partial charge in [0.2, 0.25) is 11.8 Å². The number of ether oxygens (including phenoxy) is 1. The summed E-state index contributed by atoms with van der Waals surface area (Å²) in [5, 5.41) is 14.6. The fourth-order valence-corrected chi connectivity index (χ4v) is 5.73. The lowest BCUT2D eigenvalue weighted by molar-refractivity contribution is -0.132. The van der Waals surface area contributed by atoms with Gasteiger partial charge in [0.15, 0.2) is 9.84 Å². The van der Waals surface area contributed by atoms with E-state index in [0.717, 1.165) is 19.3 Å². The van der Waals surface area contributed by atoms with Crippen LogP contribution in [0, 0.1) is 0 Å². The molecule has 0 saturated carbocycles. The summed E-state index contributed by atoms with van der Waals surface area (Å²) in [6, 6.07) is 10.4. The average Bonchev–Trinajstić information content (AvgIpc) is 3.63. The van der Waals surface area contributed by atoms with Gasteiger partial charge in [0.1, 0.15) is 12.4 Å². The Morgan fingerprint density at radius 2 is 1.88 bits per heavy atom. The van der Waals surface area contributed by atoms with E-state index in [2.05, 4.69) is 25.7 Å². The van der Waals surface area contributed by atoms with E-state index in [0.29, 0.717) is 48.1 Å². The quantitative estimate of drug-likeness (QED) is 0.410. The van der Waals surface area contributed by atoms with Crippen molar-refractivity contribution in [3.8, 4) is 5.69 Å². The lowest BCUT2D eigenvalue weighted by Crippen LogP contribution is -2.45. The molecule has 0 spiro atoms. The maximum Gasteiger partial charge on any atom is 0.247 e. The molecule has 2 atom stereocenters. The Kier molecular flexibility index (Phi) is 8.26. The van der Waals surface area contributed by atoms with Crippen LogP contribution in [-0.2, 0) is 24.2 Å². The van der Waals surface area contributed by atoms with Crippen LogP contribution in [0.5, 0.6) is 0 Å². The maximum atomic E-state index is 13.5. The van der Waals surface area contributed by atoms with Gasteiger partial charge in [0, 0.05) is 54.3 Å². The Labute approximate surface area is 236 Å². The SMILES string of the molecule is CS(=O)(=O)c1ccc(NC(=O)C2CC(N3CCOCC3)CN2C(=O)C=Cc2cc(Cl)ccc2-n2cnnn2)cc1. The third-order valence-corrected chi connectivity index (χ3v) is 8.33. The van der Waals surface area contributed by atoms with Crippen LogP contribution in [0.4, 0.5) is 5.69 Å². The maximum absolute atomic E-state index is 13.5. The molecule has 2 fully saturated rings. The largest absolute Gasteiger partial charge is 0.379 e. The first-order valence-corrected chi connectivity index (χ1v) is 14.9. The molecule has 0 radical (unpaired) electrons. The molecule has 2 aliphatic rings. The van der Waals surface area contributed by atoms with Gasteiger partial charge in [0.05, 0.1) is 23.8 Å². The van der Waals surface area contributed by atoms with E-state index >= 15 is 0 Å². The second-order valence-corrected chi connectivity index (χ2v) is 12.1. The van der Waals surface area contributed by atoms with Crippen molar-refractivity contribution in [3.63, 3.8) is 0 Å². The molecule has 2 saturated heterocycles. The minimum atomic E-state index is -3.36. The number of nitrogens with one attached hydrogen (secondary N) is 1. The summed E-state index contributed by atoms with van der Waals surface area (Å²) < 4.78 is 30.5. The average molecular weight is 586 g/mol. The van der Waals surface area contributed by atoms with Gasteiger partial charge >= 0.3 is 0 Å². The Hall–Kier alpha value is -3.65. The van der Waals surface area contributed by atoms with Crippen molar-refractivity contribution in [1.29, 1.82) is 0 Å². The van der Waals surface area contributed by atoms with Crippen LogP contribution in [0.2, 0.25) is 5.02 Å². The first-order chi connectivity index (χ1) is 19.2. The smallest absolute Gasteiger partial charge is 0.247 e. The minimum Gasteiger partial charge on any atom is -0.379 e. The molecule has 14 heteroatoms. The van der Waals surface area contributed by atoms with E-state index in [4.69, 9.17) is 16.3 Å². The Morgan fingerprint density at radius 1 is 1.12 bits per heavy atom. The summed E-state index contributed by atoms with van der Waals surface area (Å²) in [5.74, 6) is -0.673. The van der Waals surface area contributed by atoms with Crippen molar-refractivity contribution >= 4 is 45.0 Å². The number of carbonyl (C=O) groups excluding carboxylic acids is 2. The molecule has 3 heterocycles. The molecule has 40 heavy (non-hydrogen) atoms. The molecule has 3 aromatic rings. The van der Waals surface area contributed by atoms with Crippen molar-refractivity contribution in [2.45, 2.75) is 23.4 Å². The van der Waals surface area contributed by atoms with Gasteiger partial charge in [-0.25, -0.2) is 8.42 Å². The highest BCUT2D eigenvalue weighted by Gasteiger charge is 2.41. The molecule has 2 amide bonds. The van der Waals surface area contributed by atoms with Crippen LogP contribution in [0.15, 0.2) is 59.8 Å². The standard InChI is InChI=1S/C26H28ClN7O5S/c1-40(37,38)22-6-4-20(5-7-22)29-26(36)24-15-21(32-10-12-39-13-11-32)16-33(24)25(35)9-2-18-14-19(27)3-8-23(18)34-17-28-30-31-34/h2-9,14,17,21,24H,10-13,15-16H2,1H3,(H,29,36). The van der Waals surface area contributed by atoms with Gasteiger partial charge in [-0.1, -0.05) is 11.6 Å². The first kappa shape index (κ1) is 27.9. The molecule has 2 unspecified atom stereocenters. The van der Waals surface area contributed by atoms with Crippen LogP contribution in [-0.4, -0.2) is 101 Å². The van der Waals surface area contributed by atoms with Crippen LogP contribution >= 0.6 is 11.6 Å². The van der Waals surface area contributed by atoms with E-state index in [-0.39, 0.29) is 22.8 Å². The summed E-state index contributed by atoms with van der Waals surface area (Å²) in [4.78, 5) is 30.9. The van der Waals surface area contributed by atoms with E-state index in [1.165, 1.54) is 41.4 Å². The zero-order chi connectivity index (χ0) is 28.3. The van der Waals surface area contributed by atoms with Crippen LogP contribution in [0.1, 0.15) is 12.0 Å². The third kappa shape index (κ3) is 6.39. The van der Waals surface area contributed by atoms with E-state index in [9.17, 15) is 18.0 Å². The number of likely N-dealkylation sites (tertiary alicyclic amines) is 1. The predicted molar refractivity (Wildman–Crippen MR) is 148 cm³/mol. The summed E-state index contributed by atoms with van der Waals surface area (Å²) in [7, 11) is -3.36. The van der Waals surface area contributed by atoms with Gasteiger partial charge in [0.25, 0.3) is 0 Å². The molecule has 1 N–H and O–H groups in total. The van der Waals surface area contributed by atoms with Crippen LogP contribution < -0.4 is 5.32 Å². The molecule has 0 bridgehead atoms. The predicted octanol–water partition coefficient (Wildman–Crippen LogP) is 1.67. The Balaban J connectivity index is 1.37. The van der Waals surface area contributed by atoms with E-state index in [1.54, 1.807) is 29.2 Å². The summed E-state index contributed by atoms with van der Waals surface area (Å²) in [6.45, 7) is 3.03. The molecular weight excluding hydrogens is 558 g/mol. The van der Waals surface area contributed by atoms with E-state index in [1.807, 2.05) is 0 Å². The number of amides is 2. The van der Waals surface area contributed by atoms with Crippen molar-refractivity contribution in [1.82, 2.24) is 30.0 Å². The van der Waals surface area contributed by atoms with Gasteiger partial charge in [-0.3, -0.25) is 14.5 Å². The number of aromatic nitrogens is 4. The number of carbonyl (C=O) groups is 2. The second-order valence-electron chi connectivity index (χ2n) is 9.62. The number of sulfone groups is 1. The number of rotatable bonds is 7. The van der Waals surface area contributed by atoms with Crippen molar-refractivity contribution < 1.29 is 22.7 Å². The van der Waals surface area contributed by atoms with Crippen LogP contribution in [0.25, 0.3) is 11.8 Å². The topological polar surface area (TPSA) is 140 Å². The van der Waals surface area contributed by atoms with Crippen molar-refractivity contribution in [3.05, 3.63) is 65.5 Å². The number of morpholine rings is 1. The molecule has 2 aromatic carbocycles. The number of hydrogen-bond donors (Lipinski definition) is 1. The van der Waals surface area contributed by atoms with Gasteiger partial charge in [-0.05, 0) is 65.4 Å². The van der Waals surface area contributed by atoms with Gasteiger partial charge in [-0.2, -0.15) is 4.68 Å². The highest BCUT2D eigenvalue weighted by Crippen LogP contribution is 2.26. The number of hydrogen-bond acceptors (Lipinski definition) is 9. The molecular formula is C26H28ClN7O5S. The fourth-order valence-electron chi connectivity index (χ4n) is 4.92. The number of tetrazole rings is 1. The normalized spacial score (nSPS) is 20.2. The molecule has 5 rings (SSSR count). The minimum absolute atomic E-state index is 0.00689. The first-order valence-electron chi connectivity index (χ1n) is 12.6. The van der Waals surface area contributed by atoms with E-state index < -0.39 is 15.9 Å². The zero-order valence-corrected chi connectivity index (χ0v) is 23.3. The van der Waals surface area contributed by atoms with Crippen molar-refractivity contribution in [2.24, 2.45) is 0 Å². The number of benzene rings is 2. The highest BCUT2D eigenvalue weighted by atomic mass is 35.5. The highest BCUT2D eigenvalue weighted by molar-refractivity contribution is 7.90. The third-order valence-electron chi connectivity index (χ3n) is 6.97. The summed E-state index contributed by atoms with van der Waals surface area (Å²) in [5.41, 5.74) is 1.71. The molecule has 12 nitrogen and oxygen atoms in total. The number of halogens is 1. The Bertz CT molecular complexity index is 1510. The van der Waals surface area contributed by atoms with Crippen LogP contribution in [0.3, 0.4) is 0 Å². The number of nitrogens with zero attached hydrogens (tertiary/aromatic N) is 6.